The van der Waals surface area contributed by atoms with Crippen LogP contribution in [0.25, 0.3) is 6.08 Å². The quantitative estimate of drug-likeness (QED) is 0.492. The van der Waals surface area contributed by atoms with Crippen molar-refractivity contribution in [2.45, 2.75) is 63.8 Å². The Hall–Kier alpha value is -1.94. The third kappa shape index (κ3) is 3.69. The first-order valence-electron chi connectivity index (χ1n) is 12.9. The Balaban J connectivity index is 1.12. The van der Waals surface area contributed by atoms with Crippen LogP contribution in [0.4, 0.5) is 0 Å². The summed E-state index contributed by atoms with van der Waals surface area (Å²) in [6.07, 6.45) is 11.7. The summed E-state index contributed by atoms with van der Waals surface area (Å²) in [6, 6.07) is 17.5. The van der Waals surface area contributed by atoms with Gasteiger partial charge in [-0.1, -0.05) is 67.6 Å². The molecule has 174 valence electrons. The van der Waals surface area contributed by atoms with E-state index in [1.807, 2.05) is 6.07 Å². The van der Waals surface area contributed by atoms with Crippen molar-refractivity contribution in [1.82, 2.24) is 0 Å². The third-order valence-corrected chi connectivity index (χ3v) is 9.18. The van der Waals surface area contributed by atoms with Crippen LogP contribution in [0.5, 0.6) is 0 Å². The van der Waals surface area contributed by atoms with E-state index >= 15 is 0 Å². The summed E-state index contributed by atoms with van der Waals surface area (Å²) in [4.78, 5) is 0. The Morgan fingerprint density at radius 1 is 1.00 bits per heavy atom. The van der Waals surface area contributed by atoms with Gasteiger partial charge in [0.25, 0.3) is 0 Å². The van der Waals surface area contributed by atoms with Crippen molar-refractivity contribution >= 4 is 6.08 Å². The molecule has 6 rings (SSSR count). The average Bonchev–Trinajstić information content (AvgIpc) is 3.45. The Morgan fingerprint density at radius 3 is 2.70 bits per heavy atom. The second-order valence-electron chi connectivity index (χ2n) is 10.7. The smallest absolute Gasteiger partial charge is 0.174 e. The summed E-state index contributed by atoms with van der Waals surface area (Å²) < 4.78 is 18.4. The summed E-state index contributed by atoms with van der Waals surface area (Å²) >= 11 is 0. The number of hydrogen-bond donors (Lipinski definition) is 0. The summed E-state index contributed by atoms with van der Waals surface area (Å²) in [6.45, 7) is 5.31. The average molecular weight is 445 g/mol. The van der Waals surface area contributed by atoms with Crippen molar-refractivity contribution in [1.29, 1.82) is 0 Å². The lowest BCUT2D eigenvalue weighted by atomic mass is 9.55. The Labute approximate surface area is 198 Å². The second-order valence-corrected chi connectivity index (χ2v) is 10.7. The van der Waals surface area contributed by atoms with Gasteiger partial charge in [0.2, 0.25) is 0 Å². The fourth-order valence-corrected chi connectivity index (χ4v) is 7.59. The van der Waals surface area contributed by atoms with Gasteiger partial charge in [-0.15, -0.1) is 0 Å². The normalized spacial score (nSPS) is 32.1. The summed E-state index contributed by atoms with van der Waals surface area (Å²) in [5.41, 5.74) is 5.87. The SMILES string of the molecule is C[C@]12CC[C@@H]3c4ccc(/C=C/COCc5ccccc5)cc4CC[C@H]3[C@@H]1CCC21OCCO1. The highest BCUT2D eigenvalue weighted by atomic mass is 16.7. The van der Waals surface area contributed by atoms with Crippen molar-refractivity contribution in [3.05, 3.63) is 76.9 Å². The van der Waals surface area contributed by atoms with Crippen LogP contribution in [-0.2, 0) is 27.2 Å². The molecule has 4 atom stereocenters. The molecular formula is C30H36O3. The highest BCUT2D eigenvalue weighted by molar-refractivity contribution is 5.53. The maximum absolute atomic E-state index is 6.28. The van der Waals surface area contributed by atoms with Crippen LogP contribution in [-0.4, -0.2) is 25.6 Å². The molecular weight excluding hydrogens is 408 g/mol. The van der Waals surface area contributed by atoms with E-state index in [-0.39, 0.29) is 11.2 Å². The molecule has 0 aromatic heterocycles. The summed E-state index contributed by atoms with van der Waals surface area (Å²) in [7, 11) is 0. The van der Waals surface area contributed by atoms with Gasteiger partial charge >= 0.3 is 0 Å². The molecule has 0 bridgehead atoms. The van der Waals surface area contributed by atoms with E-state index in [2.05, 4.69) is 61.5 Å². The van der Waals surface area contributed by atoms with Crippen LogP contribution < -0.4 is 0 Å². The Morgan fingerprint density at radius 2 is 1.85 bits per heavy atom. The van der Waals surface area contributed by atoms with E-state index in [1.54, 1.807) is 11.1 Å². The van der Waals surface area contributed by atoms with Gasteiger partial charge in [0, 0.05) is 11.8 Å². The lowest BCUT2D eigenvalue weighted by Crippen LogP contribution is -2.51. The first kappa shape index (κ1) is 21.6. The number of aryl methyl sites for hydroxylation is 1. The molecule has 0 amide bonds. The zero-order valence-corrected chi connectivity index (χ0v) is 19.8. The number of ether oxygens (including phenoxy) is 3. The van der Waals surface area contributed by atoms with E-state index < -0.39 is 0 Å². The molecule has 1 heterocycles. The van der Waals surface area contributed by atoms with Crippen LogP contribution in [0, 0.1) is 17.3 Å². The van der Waals surface area contributed by atoms with Crippen molar-refractivity contribution < 1.29 is 14.2 Å². The molecule has 1 spiro atoms. The molecule has 3 heteroatoms. The van der Waals surface area contributed by atoms with Gasteiger partial charge in [0.15, 0.2) is 5.79 Å². The highest BCUT2D eigenvalue weighted by Crippen LogP contribution is 2.66. The minimum atomic E-state index is -0.292. The standard InChI is InChI=1S/C30H36O3/c1-29-15-13-26-25-11-9-22(8-5-17-31-21-23-6-3-2-4-7-23)20-24(25)10-12-27(26)28(29)14-16-30(29)32-18-19-33-30/h2-9,11,20,26-28H,10,12-19,21H2,1H3/b8-5+/t26-,27-,28+,29+/m1/s1. The fraction of sp³-hybridized carbons (Fsp3) is 0.533. The predicted octanol–water partition coefficient (Wildman–Crippen LogP) is 6.52. The minimum absolute atomic E-state index is 0.185. The van der Waals surface area contributed by atoms with E-state index in [0.29, 0.717) is 19.1 Å². The first-order chi connectivity index (χ1) is 16.2. The number of benzene rings is 2. The van der Waals surface area contributed by atoms with Gasteiger partial charge in [0.1, 0.15) is 0 Å². The number of rotatable bonds is 5. The zero-order chi connectivity index (χ0) is 22.3. The molecule has 2 saturated carbocycles. The lowest BCUT2D eigenvalue weighted by molar-refractivity contribution is -0.237. The second kappa shape index (κ2) is 8.69. The summed E-state index contributed by atoms with van der Waals surface area (Å²) in [5, 5.41) is 0. The molecule has 0 N–H and O–H groups in total. The van der Waals surface area contributed by atoms with Crippen LogP contribution in [0.1, 0.15) is 67.2 Å². The molecule has 3 nitrogen and oxygen atoms in total. The molecule has 2 aromatic rings. The van der Waals surface area contributed by atoms with Crippen molar-refractivity contribution in [3.8, 4) is 0 Å². The Kier molecular flexibility index (Phi) is 5.68. The molecule has 3 aliphatic carbocycles. The number of fused-ring (bicyclic) bond motifs is 6. The monoisotopic (exact) mass is 444 g/mol. The maximum atomic E-state index is 6.28. The van der Waals surface area contributed by atoms with Gasteiger partial charge in [-0.05, 0) is 72.1 Å². The highest BCUT2D eigenvalue weighted by Gasteiger charge is 2.64. The maximum Gasteiger partial charge on any atom is 0.174 e. The molecule has 2 aromatic carbocycles. The molecule has 0 unspecified atom stereocenters. The van der Waals surface area contributed by atoms with E-state index in [0.717, 1.165) is 31.5 Å². The lowest BCUT2D eigenvalue weighted by Gasteiger charge is -2.52. The van der Waals surface area contributed by atoms with Crippen LogP contribution >= 0.6 is 0 Å². The summed E-state index contributed by atoms with van der Waals surface area (Å²) in [5.74, 6) is 1.91. The zero-order valence-electron chi connectivity index (χ0n) is 19.8. The molecule has 1 saturated heterocycles. The van der Waals surface area contributed by atoms with E-state index in [4.69, 9.17) is 14.2 Å². The fourth-order valence-electron chi connectivity index (χ4n) is 7.59. The third-order valence-electron chi connectivity index (χ3n) is 9.18. The molecule has 1 aliphatic heterocycles. The topological polar surface area (TPSA) is 27.7 Å². The molecule has 0 radical (unpaired) electrons. The van der Waals surface area contributed by atoms with Gasteiger partial charge in [-0.3, -0.25) is 0 Å². The molecule has 3 fully saturated rings. The van der Waals surface area contributed by atoms with E-state index in [9.17, 15) is 0 Å². The van der Waals surface area contributed by atoms with Crippen molar-refractivity contribution in [2.24, 2.45) is 17.3 Å². The van der Waals surface area contributed by atoms with E-state index in [1.165, 1.54) is 43.2 Å². The largest absolute Gasteiger partial charge is 0.373 e. The molecule has 4 aliphatic rings. The molecule has 33 heavy (non-hydrogen) atoms. The van der Waals surface area contributed by atoms with Crippen LogP contribution in [0.2, 0.25) is 0 Å². The Bertz CT molecular complexity index is 1010. The predicted molar refractivity (Wildman–Crippen MR) is 131 cm³/mol. The number of hydrogen-bond acceptors (Lipinski definition) is 3. The van der Waals surface area contributed by atoms with Gasteiger partial charge < -0.3 is 14.2 Å². The van der Waals surface area contributed by atoms with Crippen LogP contribution in [0.15, 0.2) is 54.6 Å². The van der Waals surface area contributed by atoms with Crippen LogP contribution in [0.3, 0.4) is 0 Å². The van der Waals surface area contributed by atoms with Crippen molar-refractivity contribution in [3.63, 3.8) is 0 Å². The minimum Gasteiger partial charge on any atom is -0.373 e. The van der Waals surface area contributed by atoms with Gasteiger partial charge in [-0.2, -0.15) is 0 Å². The van der Waals surface area contributed by atoms with Gasteiger partial charge in [0.05, 0.1) is 26.4 Å². The first-order valence-corrected chi connectivity index (χ1v) is 12.9. The van der Waals surface area contributed by atoms with Gasteiger partial charge in [-0.25, -0.2) is 0 Å². The van der Waals surface area contributed by atoms with Crippen molar-refractivity contribution in [2.75, 3.05) is 19.8 Å².